The van der Waals surface area contributed by atoms with Gasteiger partial charge < -0.3 is 0 Å². The molecule has 0 fully saturated rings. The molecule has 33 heavy (non-hydrogen) atoms. The number of hydrogen-bond acceptors (Lipinski definition) is 0. The third kappa shape index (κ3) is 6.41. The van der Waals surface area contributed by atoms with Crippen molar-refractivity contribution in [2.75, 3.05) is 18.5 Å². The first kappa shape index (κ1) is 27.0. The minimum absolute atomic E-state index is 0. The van der Waals surface area contributed by atoms with Gasteiger partial charge in [0, 0.05) is 0 Å². The summed E-state index contributed by atoms with van der Waals surface area (Å²) in [5.74, 6) is 0. The van der Waals surface area contributed by atoms with E-state index in [0.29, 0.717) is 7.92 Å². The molecule has 0 nitrogen and oxygen atoms in total. The fourth-order valence-electron chi connectivity index (χ4n) is 4.42. The molecule has 0 aromatic heterocycles. The Balaban J connectivity index is 0.000000423. The maximum absolute atomic E-state index is 2.30. The van der Waals surface area contributed by atoms with Gasteiger partial charge in [-0.2, -0.15) is 0 Å². The standard InChI is InChI=1S/C24H21P.C6H15P.CH4/c1-5-13-21(14-6-1)25(22-15-7-2-8-16-22,23-17-9-3-10-18-23)24-19-11-4-12-20-24;1-4-7(5-2)6-3;/h1-20,25H;4-6H2,1-3H3;1H4. The fourth-order valence-corrected chi connectivity index (χ4v) is 10.5. The number of hydrogen-bond donors (Lipinski definition) is 0. The van der Waals surface area contributed by atoms with Gasteiger partial charge in [0.15, 0.2) is 0 Å². The number of rotatable bonds is 7. The molecular weight excluding hydrogens is 434 g/mol. The van der Waals surface area contributed by atoms with Crippen molar-refractivity contribution >= 4 is 36.4 Å². The van der Waals surface area contributed by atoms with E-state index in [4.69, 9.17) is 0 Å². The van der Waals surface area contributed by atoms with Crippen LogP contribution >= 0.6 is 15.2 Å². The van der Waals surface area contributed by atoms with Crippen LogP contribution in [0.5, 0.6) is 0 Å². The molecule has 0 amide bonds. The van der Waals surface area contributed by atoms with E-state index in [0.717, 1.165) is 0 Å². The molecule has 4 rings (SSSR count). The molecule has 2 heteroatoms. The summed E-state index contributed by atoms with van der Waals surface area (Å²) in [6, 6.07) is 44.0. The zero-order valence-corrected chi connectivity index (χ0v) is 21.5. The first-order chi connectivity index (χ1) is 15.8. The summed E-state index contributed by atoms with van der Waals surface area (Å²) in [5.41, 5.74) is 0. The topological polar surface area (TPSA) is 0 Å². The quantitative estimate of drug-likeness (QED) is 0.248. The van der Waals surface area contributed by atoms with Crippen LogP contribution in [-0.4, -0.2) is 18.5 Å². The minimum atomic E-state index is -2.30. The van der Waals surface area contributed by atoms with Gasteiger partial charge in [-0.25, -0.2) is 0 Å². The van der Waals surface area contributed by atoms with E-state index in [1.54, 1.807) is 0 Å². The van der Waals surface area contributed by atoms with Crippen molar-refractivity contribution in [3.8, 4) is 0 Å². The summed E-state index contributed by atoms with van der Waals surface area (Å²) in [7, 11) is -1.85. The molecule has 0 N–H and O–H groups in total. The Morgan fingerprint density at radius 1 is 0.424 bits per heavy atom. The molecule has 0 spiro atoms. The molecule has 0 saturated heterocycles. The van der Waals surface area contributed by atoms with Crippen LogP contribution in [0.2, 0.25) is 0 Å². The van der Waals surface area contributed by atoms with E-state index in [1.807, 2.05) is 0 Å². The Labute approximate surface area is 204 Å². The van der Waals surface area contributed by atoms with Crippen LogP contribution in [0, 0.1) is 0 Å². The predicted molar refractivity (Wildman–Crippen MR) is 158 cm³/mol. The van der Waals surface area contributed by atoms with Gasteiger partial charge in [-0.15, -0.1) is 7.92 Å². The van der Waals surface area contributed by atoms with Crippen molar-refractivity contribution in [3.63, 3.8) is 0 Å². The Hall–Kier alpha value is -2.26. The van der Waals surface area contributed by atoms with Gasteiger partial charge in [-0.3, -0.25) is 0 Å². The molecule has 0 aliphatic carbocycles. The second-order valence-corrected chi connectivity index (χ2v) is 14.9. The molecule has 0 saturated carbocycles. The molecule has 174 valence electrons. The van der Waals surface area contributed by atoms with Gasteiger partial charge in [0.2, 0.25) is 0 Å². The molecule has 0 atom stereocenters. The van der Waals surface area contributed by atoms with Crippen LogP contribution < -0.4 is 21.2 Å². The van der Waals surface area contributed by atoms with Gasteiger partial charge in [-0.1, -0.05) is 28.2 Å². The summed E-state index contributed by atoms with van der Waals surface area (Å²) < 4.78 is 0. The summed E-state index contributed by atoms with van der Waals surface area (Å²) in [6.45, 7) is 6.87. The average molecular weight is 475 g/mol. The van der Waals surface area contributed by atoms with Gasteiger partial charge in [0.05, 0.1) is 0 Å². The average Bonchev–Trinajstić information content (AvgIpc) is 2.89. The third-order valence-corrected chi connectivity index (χ3v) is 13.6. The zero-order chi connectivity index (χ0) is 22.7. The third-order valence-electron chi connectivity index (χ3n) is 6.17. The monoisotopic (exact) mass is 474 g/mol. The van der Waals surface area contributed by atoms with Crippen LogP contribution in [0.3, 0.4) is 0 Å². The summed E-state index contributed by atoms with van der Waals surface area (Å²) in [6.07, 6.45) is 4.26. The molecule has 0 aliphatic heterocycles. The van der Waals surface area contributed by atoms with Gasteiger partial charge in [0.1, 0.15) is 0 Å². The molecule has 4 aromatic carbocycles. The molecule has 0 bridgehead atoms. The Bertz CT molecular complexity index is 842. The molecule has 0 radical (unpaired) electrons. The maximum atomic E-state index is 2.29. The molecule has 4 aromatic rings. The van der Waals surface area contributed by atoms with E-state index >= 15 is 0 Å². The normalized spacial score (nSPS) is 11.2. The zero-order valence-electron chi connectivity index (χ0n) is 19.6. The Morgan fingerprint density at radius 3 is 0.788 bits per heavy atom. The van der Waals surface area contributed by atoms with Crippen molar-refractivity contribution < 1.29 is 0 Å². The van der Waals surface area contributed by atoms with Gasteiger partial charge in [-0.05, 0) is 18.5 Å². The van der Waals surface area contributed by atoms with Crippen molar-refractivity contribution in [1.29, 1.82) is 0 Å². The van der Waals surface area contributed by atoms with Crippen LogP contribution in [0.1, 0.15) is 28.2 Å². The van der Waals surface area contributed by atoms with E-state index in [9.17, 15) is 0 Å². The molecular formula is C31H40P2. The Morgan fingerprint density at radius 2 is 0.636 bits per heavy atom. The van der Waals surface area contributed by atoms with Crippen LogP contribution in [0.4, 0.5) is 0 Å². The summed E-state index contributed by atoms with van der Waals surface area (Å²) >= 11 is 0. The SMILES string of the molecule is C.CCP(CC)CC.c1ccc([PH](c2ccccc2)(c2ccccc2)c2ccccc2)cc1. The fraction of sp³-hybridized carbons (Fsp3) is 0.226. The molecule has 0 heterocycles. The van der Waals surface area contributed by atoms with Crippen LogP contribution in [0.25, 0.3) is 0 Å². The van der Waals surface area contributed by atoms with Crippen molar-refractivity contribution in [1.82, 2.24) is 0 Å². The van der Waals surface area contributed by atoms with E-state index in [-0.39, 0.29) is 7.43 Å². The Kier molecular flexibility index (Phi) is 11.5. The second kappa shape index (κ2) is 14.1. The first-order valence-corrected chi connectivity index (χ1v) is 15.6. The van der Waals surface area contributed by atoms with Crippen molar-refractivity contribution in [2.24, 2.45) is 0 Å². The van der Waals surface area contributed by atoms with Gasteiger partial charge in [0.25, 0.3) is 0 Å². The summed E-state index contributed by atoms with van der Waals surface area (Å²) in [5, 5.41) is 5.66. The first-order valence-electron chi connectivity index (χ1n) is 11.7. The predicted octanol–water partition coefficient (Wildman–Crippen LogP) is 7.20. The second-order valence-electron chi connectivity index (χ2n) is 7.83. The van der Waals surface area contributed by atoms with E-state index in [2.05, 4.69) is 142 Å². The molecule has 0 aliphatic rings. The van der Waals surface area contributed by atoms with Crippen LogP contribution in [-0.2, 0) is 0 Å². The number of benzene rings is 4. The van der Waals surface area contributed by atoms with E-state index < -0.39 is 7.26 Å². The van der Waals surface area contributed by atoms with E-state index in [1.165, 1.54) is 39.7 Å². The summed E-state index contributed by atoms with van der Waals surface area (Å²) in [4.78, 5) is 0. The van der Waals surface area contributed by atoms with Crippen molar-refractivity contribution in [2.45, 2.75) is 28.2 Å². The molecule has 0 unspecified atom stereocenters. The van der Waals surface area contributed by atoms with Gasteiger partial charge >= 0.3 is 150 Å². The van der Waals surface area contributed by atoms with Crippen molar-refractivity contribution in [3.05, 3.63) is 121 Å². The van der Waals surface area contributed by atoms with Crippen LogP contribution in [0.15, 0.2) is 121 Å².